The lowest BCUT2D eigenvalue weighted by Crippen LogP contribution is -2.32. The van der Waals surface area contributed by atoms with Crippen LogP contribution in [0.4, 0.5) is 0 Å². The number of allylic oxidation sites excluding steroid dienone is 1. The molecule has 0 saturated carbocycles. The van der Waals surface area contributed by atoms with E-state index in [0.29, 0.717) is 12.0 Å². The lowest BCUT2D eigenvalue weighted by molar-refractivity contribution is -0.132. The van der Waals surface area contributed by atoms with Crippen molar-refractivity contribution in [3.8, 4) is 0 Å². The Bertz CT molecular complexity index is 866. The van der Waals surface area contributed by atoms with E-state index in [2.05, 4.69) is 72.8 Å². The van der Waals surface area contributed by atoms with Crippen LogP contribution in [0.3, 0.4) is 0 Å². The largest absolute Gasteiger partial charge is 0.478 e. The smallest absolute Gasteiger partial charge is 0.335 e. The molecular formula is C24H22O2P+. The molecule has 3 heteroatoms. The van der Waals surface area contributed by atoms with Crippen molar-refractivity contribution >= 4 is 29.1 Å². The van der Waals surface area contributed by atoms with Gasteiger partial charge in [0, 0.05) is 6.42 Å². The summed E-state index contributed by atoms with van der Waals surface area (Å²) in [5.74, 6) is -0.769. The van der Waals surface area contributed by atoms with Gasteiger partial charge in [-0.15, -0.1) is 0 Å². The number of hydrogen-bond donors (Lipinski definition) is 1. The van der Waals surface area contributed by atoms with E-state index < -0.39 is 13.2 Å². The fourth-order valence-corrected chi connectivity index (χ4v) is 8.99. The molecule has 0 spiro atoms. The van der Waals surface area contributed by atoms with Crippen LogP contribution >= 0.6 is 7.26 Å². The Morgan fingerprint density at radius 1 is 0.667 bits per heavy atom. The summed E-state index contributed by atoms with van der Waals surface area (Å²) >= 11 is 0. The lowest BCUT2D eigenvalue weighted by Gasteiger charge is -2.29. The molecule has 0 aliphatic heterocycles. The minimum absolute atomic E-state index is 0.611. The van der Waals surface area contributed by atoms with Gasteiger partial charge in [-0.25, -0.2) is 4.79 Å². The Balaban J connectivity index is 2.14. The molecular weight excluding hydrogens is 351 g/mol. The summed E-state index contributed by atoms with van der Waals surface area (Å²) in [6, 6.07) is 31.4. The van der Waals surface area contributed by atoms with E-state index in [1.807, 2.05) is 18.2 Å². The Labute approximate surface area is 160 Å². The predicted octanol–water partition coefficient (Wildman–Crippen LogP) is 4.50. The Morgan fingerprint density at radius 2 is 1.07 bits per heavy atom. The Hall–Kier alpha value is -2.70. The zero-order chi connectivity index (χ0) is 18.7. The van der Waals surface area contributed by atoms with Crippen LogP contribution in [0.1, 0.15) is 19.3 Å². The maximum atomic E-state index is 12.1. The summed E-state index contributed by atoms with van der Waals surface area (Å²) in [6.07, 6.45) is 2.40. The summed E-state index contributed by atoms with van der Waals surface area (Å²) < 4.78 is 0. The van der Waals surface area contributed by atoms with Gasteiger partial charge >= 0.3 is 5.97 Å². The molecule has 0 radical (unpaired) electrons. The highest BCUT2D eigenvalue weighted by molar-refractivity contribution is 7.99. The number of benzene rings is 3. The third kappa shape index (κ3) is 3.01. The van der Waals surface area contributed by atoms with Gasteiger partial charge in [0.15, 0.2) is 0 Å². The van der Waals surface area contributed by atoms with Gasteiger partial charge in [0.1, 0.15) is 23.2 Å². The van der Waals surface area contributed by atoms with Crippen LogP contribution in [0.15, 0.2) is 102 Å². The lowest BCUT2D eigenvalue weighted by atomic mass is 10.2. The molecule has 0 fully saturated rings. The Morgan fingerprint density at radius 3 is 1.44 bits per heavy atom. The first-order valence-corrected chi connectivity index (χ1v) is 11.1. The molecule has 134 valence electrons. The van der Waals surface area contributed by atoms with Crippen LogP contribution in [0.5, 0.6) is 0 Å². The van der Waals surface area contributed by atoms with E-state index in [9.17, 15) is 9.90 Å². The molecule has 0 atom stereocenters. The summed E-state index contributed by atoms with van der Waals surface area (Å²) in [5.41, 5.74) is 0.611. The van der Waals surface area contributed by atoms with Gasteiger partial charge in [0.2, 0.25) is 0 Å². The summed E-state index contributed by atoms with van der Waals surface area (Å²) in [4.78, 5) is 12.1. The first-order chi connectivity index (χ1) is 13.2. The van der Waals surface area contributed by atoms with Crippen LogP contribution < -0.4 is 15.9 Å². The molecule has 1 aliphatic carbocycles. The van der Waals surface area contributed by atoms with Crippen molar-refractivity contribution in [3.63, 3.8) is 0 Å². The first-order valence-electron chi connectivity index (χ1n) is 9.26. The molecule has 2 nitrogen and oxygen atoms in total. The van der Waals surface area contributed by atoms with Gasteiger partial charge in [-0.05, 0) is 49.2 Å². The number of carboxylic acids is 1. The number of aliphatic carboxylic acids is 1. The van der Waals surface area contributed by atoms with Crippen LogP contribution in [-0.4, -0.2) is 11.1 Å². The van der Waals surface area contributed by atoms with Crippen LogP contribution in [0, 0.1) is 0 Å². The molecule has 0 bridgehead atoms. The van der Waals surface area contributed by atoms with Crippen molar-refractivity contribution in [1.29, 1.82) is 0 Å². The first kappa shape index (κ1) is 17.7. The van der Waals surface area contributed by atoms with Gasteiger partial charge < -0.3 is 5.11 Å². The maximum Gasteiger partial charge on any atom is 0.335 e. The van der Waals surface area contributed by atoms with Gasteiger partial charge in [0.25, 0.3) is 0 Å². The molecule has 0 unspecified atom stereocenters. The zero-order valence-electron chi connectivity index (χ0n) is 15.1. The number of carbonyl (C=O) groups is 1. The van der Waals surface area contributed by atoms with Crippen LogP contribution in [0.25, 0.3) is 0 Å². The van der Waals surface area contributed by atoms with E-state index in [4.69, 9.17) is 0 Å². The predicted molar refractivity (Wildman–Crippen MR) is 114 cm³/mol. The molecule has 1 N–H and O–H groups in total. The van der Waals surface area contributed by atoms with Crippen molar-refractivity contribution in [2.45, 2.75) is 19.3 Å². The average Bonchev–Trinajstić information content (AvgIpc) is 3.22. The van der Waals surface area contributed by atoms with Gasteiger partial charge in [-0.1, -0.05) is 54.6 Å². The normalized spacial score (nSPS) is 14.4. The standard InChI is InChI=1S/C24H21O2P/c25-24(26)22-17-10-18-23(22)27(19-11-4-1-5-12-19,20-13-6-2-7-14-20)21-15-8-3-9-16-21/h1-9,11-16H,10,17-18H2/p+1. The molecule has 1 aliphatic rings. The maximum absolute atomic E-state index is 12.1. The van der Waals surface area contributed by atoms with Crippen molar-refractivity contribution in [1.82, 2.24) is 0 Å². The number of carboxylic acid groups (broad SMARTS) is 1. The fraction of sp³-hybridized carbons (Fsp3) is 0.125. The third-order valence-electron chi connectivity index (χ3n) is 5.28. The van der Waals surface area contributed by atoms with E-state index >= 15 is 0 Å². The second-order valence-electron chi connectivity index (χ2n) is 6.76. The second-order valence-corrected chi connectivity index (χ2v) is 10.2. The quantitative estimate of drug-likeness (QED) is 0.669. The molecule has 4 rings (SSSR count). The van der Waals surface area contributed by atoms with E-state index in [0.717, 1.165) is 18.2 Å². The monoisotopic (exact) mass is 373 g/mol. The summed E-state index contributed by atoms with van der Waals surface area (Å²) in [7, 11) is -2.21. The van der Waals surface area contributed by atoms with E-state index in [-0.39, 0.29) is 0 Å². The second kappa shape index (κ2) is 7.50. The van der Waals surface area contributed by atoms with Crippen molar-refractivity contribution in [2.24, 2.45) is 0 Å². The molecule has 3 aromatic rings. The van der Waals surface area contributed by atoms with Gasteiger partial charge in [-0.3, -0.25) is 0 Å². The topological polar surface area (TPSA) is 37.3 Å². The third-order valence-corrected chi connectivity index (χ3v) is 9.80. The summed E-state index contributed by atoms with van der Waals surface area (Å²) in [6.45, 7) is 0. The minimum Gasteiger partial charge on any atom is -0.478 e. The molecule has 0 aromatic heterocycles. The minimum atomic E-state index is -2.21. The van der Waals surface area contributed by atoms with Crippen molar-refractivity contribution < 1.29 is 9.90 Å². The van der Waals surface area contributed by atoms with E-state index in [1.165, 1.54) is 15.9 Å². The fourth-order valence-electron chi connectivity index (χ4n) is 4.20. The van der Waals surface area contributed by atoms with Gasteiger partial charge in [0.05, 0.1) is 10.9 Å². The number of hydrogen-bond acceptors (Lipinski definition) is 1. The highest BCUT2D eigenvalue weighted by atomic mass is 31.2. The zero-order valence-corrected chi connectivity index (χ0v) is 16.0. The summed E-state index contributed by atoms with van der Waals surface area (Å²) in [5, 5.41) is 14.7. The van der Waals surface area contributed by atoms with Crippen molar-refractivity contribution in [2.75, 3.05) is 0 Å². The molecule has 0 heterocycles. The molecule has 0 amide bonds. The molecule has 27 heavy (non-hydrogen) atoms. The van der Waals surface area contributed by atoms with Gasteiger partial charge in [-0.2, -0.15) is 0 Å². The number of rotatable bonds is 5. The Kier molecular flexibility index (Phi) is 4.92. The van der Waals surface area contributed by atoms with Crippen molar-refractivity contribution in [3.05, 3.63) is 102 Å². The SMILES string of the molecule is O=C(O)C1=C([P+](c2ccccc2)(c2ccccc2)c2ccccc2)CCC1. The van der Waals surface area contributed by atoms with E-state index in [1.54, 1.807) is 0 Å². The molecule has 3 aromatic carbocycles. The molecule has 0 saturated heterocycles. The highest BCUT2D eigenvalue weighted by Crippen LogP contribution is 2.66. The average molecular weight is 373 g/mol. The van der Waals surface area contributed by atoms with Crippen LogP contribution in [-0.2, 0) is 4.79 Å². The van der Waals surface area contributed by atoms with Crippen LogP contribution in [0.2, 0.25) is 0 Å². The highest BCUT2D eigenvalue weighted by Gasteiger charge is 2.52.